The van der Waals surface area contributed by atoms with Crippen LogP contribution in [0.25, 0.3) is 11.0 Å². The number of hydrogen-bond donors (Lipinski definition) is 0. The fraction of sp³-hybridized carbons (Fsp3) is 0.526. The number of amides is 1. The second kappa shape index (κ2) is 6.15. The Kier molecular flexibility index (Phi) is 4.23. The highest BCUT2D eigenvalue weighted by Crippen LogP contribution is 2.28. The Hall–Kier alpha value is -1.77. The molecule has 0 unspecified atom stereocenters. The van der Waals surface area contributed by atoms with Gasteiger partial charge in [0.2, 0.25) is 0 Å². The average molecular weight is 299 g/mol. The van der Waals surface area contributed by atoms with Crippen LogP contribution >= 0.6 is 0 Å². The van der Waals surface area contributed by atoms with Gasteiger partial charge in [-0.1, -0.05) is 32.9 Å². The Bertz CT molecular complexity index is 663. The van der Waals surface area contributed by atoms with Crippen molar-refractivity contribution in [3.05, 3.63) is 35.6 Å². The monoisotopic (exact) mass is 299 g/mol. The molecule has 0 bridgehead atoms. The number of nitrogens with zero attached hydrogens (tertiary/aromatic N) is 1. The standard InChI is InChI=1S/C19H25NO2/c1-4-14-5-6-16-17(12-22-18(16)11-14)19(21)20-9-7-15(8-10-20)13(2)3/h5-6,11-13,15H,4,7-10H2,1-3H3. The lowest BCUT2D eigenvalue weighted by molar-refractivity contribution is 0.0668. The molecule has 118 valence electrons. The van der Waals surface area contributed by atoms with E-state index in [-0.39, 0.29) is 5.91 Å². The van der Waals surface area contributed by atoms with Crippen molar-refractivity contribution in [2.45, 2.75) is 40.0 Å². The molecule has 3 nitrogen and oxygen atoms in total. The molecule has 1 aromatic carbocycles. The lowest BCUT2D eigenvalue weighted by Gasteiger charge is -2.33. The number of likely N-dealkylation sites (tertiary alicyclic amines) is 1. The van der Waals surface area contributed by atoms with Gasteiger partial charge in [0.25, 0.3) is 5.91 Å². The van der Waals surface area contributed by atoms with E-state index < -0.39 is 0 Å². The summed E-state index contributed by atoms with van der Waals surface area (Å²) in [4.78, 5) is 14.8. The molecule has 0 atom stereocenters. The van der Waals surface area contributed by atoms with Crippen LogP contribution in [0.15, 0.2) is 28.9 Å². The van der Waals surface area contributed by atoms with Crippen LogP contribution in [0.1, 0.15) is 49.5 Å². The largest absolute Gasteiger partial charge is 0.463 e. The smallest absolute Gasteiger partial charge is 0.257 e. The Labute approximate surface area is 132 Å². The highest BCUT2D eigenvalue weighted by molar-refractivity contribution is 6.06. The number of hydrogen-bond acceptors (Lipinski definition) is 2. The molecular weight excluding hydrogens is 274 g/mol. The van der Waals surface area contributed by atoms with E-state index in [2.05, 4.69) is 26.8 Å². The number of carbonyl (C=O) groups is 1. The van der Waals surface area contributed by atoms with E-state index in [1.54, 1.807) is 6.26 Å². The predicted octanol–water partition coefficient (Wildman–Crippen LogP) is 4.50. The van der Waals surface area contributed by atoms with Gasteiger partial charge in [-0.2, -0.15) is 0 Å². The Morgan fingerprint density at radius 2 is 2.05 bits per heavy atom. The zero-order valence-corrected chi connectivity index (χ0v) is 13.8. The molecule has 1 aliphatic heterocycles. The van der Waals surface area contributed by atoms with Gasteiger partial charge in [0, 0.05) is 18.5 Å². The van der Waals surface area contributed by atoms with Gasteiger partial charge in [0.1, 0.15) is 11.8 Å². The summed E-state index contributed by atoms with van der Waals surface area (Å²) in [5.74, 6) is 1.57. The maximum atomic E-state index is 12.8. The molecule has 3 heteroatoms. The molecule has 0 saturated carbocycles. The fourth-order valence-electron chi connectivity index (χ4n) is 3.40. The topological polar surface area (TPSA) is 33.5 Å². The van der Waals surface area contributed by atoms with Crippen LogP contribution in [0.3, 0.4) is 0 Å². The zero-order chi connectivity index (χ0) is 15.7. The highest BCUT2D eigenvalue weighted by atomic mass is 16.3. The second-order valence-corrected chi connectivity index (χ2v) is 6.71. The van der Waals surface area contributed by atoms with Crippen LogP contribution < -0.4 is 0 Å². The number of piperidine rings is 1. The molecule has 3 rings (SSSR count). The van der Waals surface area contributed by atoms with Crippen molar-refractivity contribution < 1.29 is 9.21 Å². The minimum absolute atomic E-state index is 0.116. The summed E-state index contributed by atoms with van der Waals surface area (Å²) in [6.45, 7) is 8.39. The van der Waals surface area contributed by atoms with Crippen LogP contribution in [0.5, 0.6) is 0 Å². The zero-order valence-electron chi connectivity index (χ0n) is 13.8. The van der Waals surface area contributed by atoms with E-state index in [1.165, 1.54) is 5.56 Å². The number of rotatable bonds is 3. The summed E-state index contributed by atoms with van der Waals surface area (Å²) >= 11 is 0. The Balaban J connectivity index is 1.78. The van der Waals surface area contributed by atoms with E-state index in [0.29, 0.717) is 11.5 Å². The molecule has 2 heterocycles. The molecule has 0 N–H and O–H groups in total. The molecule has 1 saturated heterocycles. The van der Waals surface area contributed by atoms with Crippen LogP contribution in [0.4, 0.5) is 0 Å². The molecule has 1 fully saturated rings. The third-order valence-corrected chi connectivity index (χ3v) is 5.05. The fourth-order valence-corrected chi connectivity index (χ4v) is 3.40. The van der Waals surface area contributed by atoms with E-state index >= 15 is 0 Å². The van der Waals surface area contributed by atoms with Crippen LogP contribution in [-0.4, -0.2) is 23.9 Å². The summed E-state index contributed by atoms with van der Waals surface area (Å²) < 4.78 is 5.62. The maximum Gasteiger partial charge on any atom is 0.257 e. The summed E-state index contributed by atoms with van der Waals surface area (Å²) in [7, 11) is 0. The highest BCUT2D eigenvalue weighted by Gasteiger charge is 2.26. The number of furan rings is 1. The van der Waals surface area contributed by atoms with Crippen molar-refractivity contribution in [3.8, 4) is 0 Å². The number of benzene rings is 1. The molecule has 0 radical (unpaired) electrons. The normalized spacial score (nSPS) is 16.6. The van der Waals surface area contributed by atoms with Crippen LogP contribution in [0.2, 0.25) is 0 Å². The summed E-state index contributed by atoms with van der Waals surface area (Å²) in [5.41, 5.74) is 2.76. The Morgan fingerprint density at radius 3 is 2.68 bits per heavy atom. The number of aryl methyl sites for hydroxylation is 1. The maximum absolute atomic E-state index is 12.8. The predicted molar refractivity (Wildman–Crippen MR) is 89.1 cm³/mol. The van der Waals surface area contributed by atoms with Gasteiger partial charge >= 0.3 is 0 Å². The quantitative estimate of drug-likeness (QED) is 0.836. The molecule has 0 spiro atoms. The third-order valence-electron chi connectivity index (χ3n) is 5.05. The SMILES string of the molecule is CCc1ccc2c(C(=O)N3CCC(C(C)C)CC3)coc2c1. The minimum atomic E-state index is 0.116. The molecule has 1 aromatic heterocycles. The van der Waals surface area contributed by atoms with E-state index in [1.807, 2.05) is 17.0 Å². The van der Waals surface area contributed by atoms with E-state index in [0.717, 1.165) is 49.2 Å². The molecule has 1 aliphatic rings. The van der Waals surface area contributed by atoms with Gasteiger partial charge in [-0.15, -0.1) is 0 Å². The molecule has 2 aromatic rings. The first-order valence-electron chi connectivity index (χ1n) is 8.39. The molecular formula is C19H25NO2. The van der Waals surface area contributed by atoms with Crippen LogP contribution in [-0.2, 0) is 6.42 Å². The van der Waals surface area contributed by atoms with Crippen molar-refractivity contribution in [2.75, 3.05) is 13.1 Å². The van der Waals surface area contributed by atoms with Crippen molar-refractivity contribution in [3.63, 3.8) is 0 Å². The molecule has 22 heavy (non-hydrogen) atoms. The van der Waals surface area contributed by atoms with Crippen molar-refractivity contribution >= 4 is 16.9 Å². The lowest BCUT2D eigenvalue weighted by Crippen LogP contribution is -2.39. The third kappa shape index (κ3) is 2.77. The van der Waals surface area contributed by atoms with Crippen molar-refractivity contribution in [2.24, 2.45) is 11.8 Å². The van der Waals surface area contributed by atoms with Crippen LogP contribution in [0, 0.1) is 11.8 Å². The van der Waals surface area contributed by atoms with Gasteiger partial charge in [-0.05, 0) is 42.7 Å². The lowest BCUT2D eigenvalue weighted by atomic mass is 9.86. The van der Waals surface area contributed by atoms with Gasteiger partial charge in [-0.3, -0.25) is 4.79 Å². The van der Waals surface area contributed by atoms with Gasteiger partial charge in [0.05, 0.1) is 5.56 Å². The van der Waals surface area contributed by atoms with E-state index in [4.69, 9.17) is 4.42 Å². The first kappa shape index (κ1) is 15.1. The van der Waals surface area contributed by atoms with Crippen molar-refractivity contribution in [1.82, 2.24) is 4.90 Å². The van der Waals surface area contributed by atoms with Gasteiger partial charge in [0.15, 0.2) is 0 Å². The van der Waals surface area contributed by atoms with Crippen molar-refractivity contribution in [1.29, 1.82) is 0 Å². The minimum Gasteiger partial charge on any atom is -0.463 e. The number of carbonyl (C=O) groups excluding carboxylic acids is 1. The summed E-state index contributed by atoms with van der Waals surface area (Å²) in [6, 6.07) is 6.14. The first-order chi connectivity index (χ1) is 10.6. The second-order valence-electron chi connectivity index (χ2n) is 6.71. The Morgan fingerprint density at radius 1 is 1.32 bits per heavy atom. The van der Waals surface area contributed by atoms with Gasteiger partial charge in [-0.25, -0.2) is 0 Å². The molecule has 1 amide bonds. The first-order valence-corrected chi connectivity index (χ1v) is 8.39. The van der Waals surface area contributed by atoms with Gasteiger partial charge < -0.3 is 9.32 Å². The molecule has 0 aliphatic carbocycles. The van der Waals surface area contributed by atoms with E-state index in [9.17, 15) is 4.79 Å². The summed E-state index contributed by atoms with van der Waals surface area (Å²) in [6.07, 6.45) is 4.82. The summed E-state index contributed by atoms with van der Waals surface area (Å²) in [5, 5.41) is 0.938. The number of fused-ring (bicyclic) bond motifs is 1. The average Bonchev–Trinajstić information content (AvgIpc) is 2.97.